The Morgan fingerprint density at radius 1 is 1.33 bits per heavy atom. The molecule has 1 atom stereocenters. The zero-order valence-corrected chi connectivity index (χ0v) is 6.55. The van der Waals surface area contributed by atoms with Gasteiger partial charge in [-0.25, -0.2) is 14.7 Å². The van der Waals surface area contributed by atoms with Gasteiger partial charge >= 0.3 is 0 Å². The van der Waals surface area contributed by atoms with Gasteiger partial charge in [0.1, 0.15) is 17.7 Å². The molecule has 0 saturated heterocycles. The van der Waals surface area contributed by atoms with E-state index in [1.165, 1.54) is 13.0 Å². The molecule has 4 heteroatoms. The van der Waals surface area contributed by atoms with Crippen LogP contribution < -0.4 is 5.90 Å². The van der Waals surface area contributed by atoms with Crippen LogP contribution in [0.2, 0.25) is 0 Å². The highest BCUT2D eigenvalue weighted by atomic mass is 19.1. The molecule has 0 aliphatic rings. The van der Waals surface area contributed by atoms with Crippen LogP contribution in [0.15, 0.2) is 18.2 Å². The SMILES string of the molecule is CC(ON)c1c(F)cccc1F. The van der Waals surface area contributed by atoms with Crippen molar-refractivity contribution in [1.29, 1.82) is 0 Å². The first kappa shape index (κ1) is 9.09. The molecule has 0 fully saturated rings. The summed E-state index contributed by atoms with van der Waals surface area (Å²) in [6, 6.07) is 3.61. The fourth-order valence-electron chi connectivity index (χ4n) is 0.967. The molecule has 0 heterocycles. The molecule has 66 valence electrons. The van der Waals surface area contributed by atoms with E-state index in [-0.39, 0.29) is 5.56 Å². The molecule has 0 aliphatic carbocycles. The minimum absolute atomic E-state index is 0.139. The Balaban J connectivity index is 3.12. The van der Waals surface area contributed by atoms with Gasteiger partial charge in [0.05, 0.1) is 5.56 Å². The molecular weight excluding hydrogens is 164 g/mol. The number of nitrogens with two attached hydrogens (primary N) is 1. The van der Waals surface area contributed by atoms with E-state index in [2.05, 4.69) is 4.84 Å². The average Bonchev–Trinajstić information content (AvgIpc) is 2.03. The Bertz CT molecular complexity index is 258. The van der Waals surface area contributed by atoms with Crippen molar-refractivity contribution in [1.82, 2.24) is 0 Å². The van der Waals surface area contributed by atoms with Crippen LogP contribution in [0.5, 0.6) is 0 Å². The summed E-state index contributed by atoms with van der Waals surface area (Å²) in [5.74, 6) is 3.52. The molecule has 0 aliphatic heterocycles. The minimum Gasteiger partial charge on any atom is -0.297 e. The van der Waals surface area contributed by atoms with Gasteiger partial charge in [-0.2, -0.15) is 0 Å². The lowest BCUT2D eigenvalue weighted by Crippen LogP contribution is -2.09. The first-order valence-corrected chi connectivity index (χ1v) is 3.46. The molecule has 12 heavy (non-hydrogen) atoms. The summed E-state index contributed by atoms with van der Waals surface area (Å²) in [5.41, 5.74) is -0.139. The van der Waals surface area contributed by atoms with Crippen molar-refractivity contribution in [2.24, 2.45) is 5.90 Å². The molecule has 1 rings (SSSR count). The van der Waals surface area contributed by atoms with E-state index in [4.69, 9.17) is 5.90 Å². The normalized spacial score (nSPS) is 13.0. The topological polar surface area (TPSA) is 35.2 Å². The summed E-state index contributed by atoms with van der Waals surface area (Å²) in [6.07, 6.45) is -0.772. The van der Waals surface area contributed by atoms with Crippen molar-refractivity contribution >= 4 is 0 Å². The summed E-state index contributed by atoms with van der Waals surface area (Å²) in [6.45, 7) is 1.47. The highest BCUT2D eigenvalue weighted by Gasteiger charge is 2.15. The second-order valence-electron chi connectivity index (χ2n) is 2.41. The van der Waals surface area contributed by atoms with Crippen LogP contribution in [0, 0.1) is 11.6 Å². The van der Waals surface area contributed by atoms with Crippen LogP contribution in [-0.2, 0) is 4.84 Å². The van der Waals surface area contributed by atoms with E-state index in [0.717, 1.165) is 12.1 Å². The van der Waals surface area contributed by atoms with Crippen molar-refractivity contribution in [3.63, 3.8) is 0 Å². The van der Waals surface area contributed by atoms with Gasteiger partial charge < -0.3 is 0 Å². The van der Waals surface area contributed by atoms with Crippen LogP contribution in [-0.4, -0.2) is 0 Å². The minimum atomic E-state index is -0.772. The highest BCUT2D eigenvalue weighted by molar-refractivity contribution is 5.21. The third-order valence-electron chi connectivity index (χ3n) is 1.61. The van der Waals surface area contributed by atoms with Gasteiger partial charge in [0, 0.05) is 0 Å². The number of rotatable bonds is 2. The van der Waals surface area contributed by atoms with Crippen molar-refractivity contribution in [3.05, 3.63) is 35.4 Å². The monoisotopic (exact) mass is 173 g/mol. The lowest BCUT2D eigenvalue weighted by molar-refractivity contribution is 0.0611. The molecule has 1 aromatic carbocycles. The molecule has 0 amide bonds. The molecule has 0 aromatic heterocycles. The van der Waals surface area contributed by atoms with Gasteiger partial charge in [0.2, 0.25) is 0 Å². The fraction of sp³-hybridized carbons (Fsp3) is 0.250. The zero-order valence-electron chi connectivity index (χ0n) is 6.55. The van der Waals surface area contributed by atoms with Gasteiger partial charge in [-0.05, 0) is 19.1 Å². The van der Waals surface area contributed by atoms with E-state index in [0.29, 0.717) is 0 Å². The van der Waals surface area contributed by atoms with E-state index in [1.54, 1.807) is 0 Å². The molecule has 2 N–H and O–H groups in total. The van der Waals surface area contributed by atoms with Crippen LogP contribution in [0.3, 0.4) is 0 Å². The predicted octanol–water partition coefficient (Wildman–Crippen LogP) is 1.92. The Morgan fingerprint density at radius 3 is 2.25 bits per heavy atom. The standard InChI is InChI=1S/C8H9F2NO/c1-5(12-11)8-6(9)3-2-4-7(8)10/h2-5H,11H2,1H3. The fourth-order valence-corrected chi connectivity index (χ4v) is 0.967. The molecule has 2 nitrogen and oxygen atoms in total. The van der Waals surface area contributed by atoms with Gasteiger partial charge in [-0.3, -0.25) is 4.84 Å². The second kappa shape index (κ2) is 3.60. The Hall–Kier alpha value is -1.00. The Morgan fingerprint density at radius 2 is 1.83 bits per heavy atom. The lowest BCUT2D eigenvalue weighted by Gasteiger charge is -2.10. The van der Waals surface area contributed by atoms with Crippen LogP contribution in [0.25, 0.3) is 0 Å². The van der Waals surface area contributed by atoms with E-state index in [1.807, 2.05) is 0 Å². The zero-order chi connectivity index (χ0) is 9.14. The van der Waals surface area contributed by atoms with E-state index < -0.39 is 17.7 Å². The maximum Gasteiger partial charge on any atom is 0.132 e. The van der Waals surface area contributed by atoms with Gasteiger partial charge in [-0.1, -0.05) is 6.07 Å². The number of halogens is 2. The molecule has 0 spiro atoms. The van der Waals surface area contributed by atoms with Gasteiger partial charge in [0.25, 0.3) is 0 Å². The van der Waals surface area contributed by atoms with E-state index >= 15 is 0 Å². The van der Waals surface area contributed by atoms with Crippen molar-refractivity contribution < 1.29 is 13.6 Å². The van der Waals surface area contributed by atoms with Crippen molar-refractivity contribution in [2.45, 2.75) is 13.0 Å². The molecule has 1 unspecified atom stereocenters. The number of hydrogen-bond acceptors (Lipinski definition) is 2. The van der Waals surface area contributed by atoms with E-state index in [9.17, 15) is 8.78 Å². The third-order valence-corrected chi connectivity index (χ3v) is 1.61. The largest absolute Gasteiger partial charge is 0.297 e. The molecular formula is C8H9F2NO. The first-order chi connectivity index (χ1) is 5.66. The molecule has 0 radical (unpaired) electrons. The smallest absolute Gasteiger partial charge is 0.132 e. The second-order valence-corrected chi connectivity index (χ2v) is 2.41. The Labute approximate surface area is 68.9 Å². The van der Waals surface area contributed by atoms with Gasteiger partial charge in [0.15, 0.2) is 0 Å². The van der Waals surface area contributed by atoms with Crippen LogP contribution in [0.1, 0.15) is 18.6 Å². The summed E-state index contributed by atoms with van der Waals surface area (Å²) in [7, 11) is 0. The third kappa shape index (κ3) is 1.60. The van der Waals surface area contributed by atoms with Gasteiger partial charge in [-0.15, -0.1) is 0 Å². The molecule has 0 bridgehead atoms. The van der Waals surface area contributed by atoms with Crippen LogP contribution >= 0.6 is 0 Å². The lowest BCUT2D eigenvalue weighted by atomic mass is 10.1. The predicted molar refractivity (Wildman–Crippen MR) is 40.0 cm³/mol. The summed E-state index contributed by atoms with van der Waals surface area (Å²) >= 11 is 0. The maximum atomic E-state index is 12.9. The highest BCUT2D eigenvalue weighted by Crippen LogP contribution is 2.21. The maximum absolute atomic E-state index is 12.9. The van der Waals surface area contributed by atoms with Crippen molar-refractivity contribution in [3.8, 4) is 0 Å². The number of benzene rings is 1. The summed E-state index contributed by atoms with van der Waals surface area (Å²) in [4.78, 5) is 4.32. The van der Waals surface area contributed by atoms with Crippen LogP contribution in [0.4, 0.5) is 8.78 Å². The number of hydrogen-bond donors (Lipinski definition) is 1. The van der Waals surface area contributed by atoms with Crippen molar-refractivity contribution in [2.75, 3.05) is 0 Å². The molecule has 1 aromatic rings. The molecule has 0 saturated carbocycles. The Kier molecular flexibility index (Phi) is 2.73. The summed E-state index contributed by atoms with van der Waals surface area (Å²) < 4.78 is 25.8. The first-order valence-electron chi connectivity index (χ1n) is 3.46. The summed E-state index contributed by atoms with van der Waals surface area (Å²) in [5, 5.41) is 0. The average molecular weight is 173 g/mol. The quantitative estimate of drug-likeness (QED) is 0.693.